The molecule has 2 nitrogen and oxygen atoms in total. The average Bonchev–Trinajstić information content (AvgIpc) is 2.74. The normalized spacial score (nSPS) is 12.5. The maximum absolute atomic E-state index is 11.9. The van der Waals surface area contributed by atoms with Crippen LogP contribution in [0.5, 0.6) is 0 Å². The fraction of sp³-hybridized carbons (Fsp3) is 0.615. The highest BCUT2D eigenvalue weighted by Crippen LogP contribution is 2.26. The van der Waals surface area contributed by atoms with Gasteiger partial charge in [-0.15, -0.1) is 22.9 Å². The monoisotopic (exact) mass is 273 g/mol. The first kappa shape index (κ1) is 14.5. The highest BCUT2D eigenvalue weighted by molar-refractivity contribution is 7.12. The second-order valence-electron chi connectivity index (χ2n) is 4.28. The molecule has 1 rings (SSSR count). The molecule has 0 fully saturated rings. The standard InChI is InChI=1S/C13H20ClNOS/c1-10-7-8-12(17-10)11(2)15(3)13(16)6-4-5-9-14/h7-8,11H,4-6,9H2,1-3H3. The molecule has 0 N–H and O–H groups in total. The van der Waals surface area contributed by atoms with E-state index in [1.54, 1.807) is 11.3 Å². The highest BCUT2D eigenvalue weighted by Gasteiger charge is 2.17. The Kier molecular flexibility index (Phi) is 6.00. The van der Waals surface area contributed by atoms with Crippen molar-refractivity contribution >= 4 is 28.8 Å². The zero-order valence-corrected chi connectivity index (χ0v) is 12.3. The second-order valence-corrected chi connectivity index (χ2v) is 5.97. The predicted octanol–water partition coefficient (Wildman–Crippen LogP) is 3.99. The lowest BCUT2D eigenvalue weighted by Gasteiger charge is -2.24. The summed E-state index contributed by atoms with van der Waals surface area (Å²) in [5.74, 6) is 0.838. The molecule has 1 unspecified atom stereocenters. The van der Waals surface area contributed by atoms with Crippen LogP contribution in [0.4, 0.5) is 0 Å². The van der Waals surface area contributed by atoms with Crippen molar-refractivity contribution in [1.82, 2.24) is 4.90 Å². The number of carbonyl (C=O) groups is 1. The molecule has 0 saturated heterocycles. The van der Waals surface area contributed by atoms with Gasteiger partial charge >= 0.3 is 0 Å². The number of unbranched alkanes of at least 4 members (excludes halogenated alkanes) is 1. The van der Waals surface area contributed by atoms with E-state index in [0.717, 1.165) is 12.8 Å². The number of amides is 1. The molecule has 1 amide bonds. The van der Waals surface area contributed by atoms with Crippen molar-refractivity contribution in [2.24, 2.45) is 0 Å². The van der Waals surface area contributed by atoms with E-state index in [2.05, 4.69) is 26.0 Å². The van der Waals surface area contributed by atoms with E-state index >= 15 is 0 Å². The molecule has 17 heavy (non-hydrogen) atoms. The van der Waals surface area contributed by atoms with Gasteiger partial charge in [0.05, 0.1) is 6.04 Å². The third kappa shape index (κ3) is 4.32. The Morgan fingerprint density at radius 2 is 2.18 bits per heavy atom. The summed E-state index contributed by atoms with van der Waals surface area (Å²) in [5.41, 5.74) is 0. The van der Waals surface area contributed by atoms with Crippen molar-refractivity contribution in [3.05, 3.63) is 21.9 Å². The van der Waals surface area contributed by atoms with Crippen molar-refractivity contribution in [2.45, 2.75) is 39.2 Å². The molecule has 1 aromatic heterocycles. The maximum atomic E-state index is 11.9. The predicted molar refractivity (Wildman–Crippen MR) is 74.8 cm³/mol. The largest absolute Gasteiger partial charge is 0.338 e. The molecule has 96 valence electrons. The van der Waals surface area contributed by atoms with Gasteiger partial charge in [0.15, 0.2) is 0 Å². The van der Waals surface area contributed by atoms with E-state index in [-0.39, 0.29) is 11.9 Å². The van der Waals surface area contributed by atoms with Gasteiger partial charge in [0.2, 0.25) is 5.91 Å². The molecule has 1 atom stereocenters. The summed E-state index contributed by atoms with van der Waals surface area (Å²) in [6.45, 7) is 4.16. The quantitative estimate of drug-likeness (QED) is 0.567. The van der Waals surface area contributed by atoms with Gasteiger partial charge < -0.3 is 4.90 Å². The molecule has 0 bridgehead atoms. The Bertz CT molecular complexity index is 364. The third-order valence-corrected chi connectivity index (χ3v) is 4.36. The lowest BCUT2D eigenvalue weighted by atomic mass is 10.2. The Morgan fingerprint density at radius 1 is 1.47 bits per heavy atom. The van der Waals surface area contributed by atoms with Crippen LogP contribution in [0.3, 0.4) is 0 Å². The average molecular weight is 274 g/mol. The van der Waals surface area contributed by atoms with Gasteiger partial charge in [0.1, 0.15) is 0 Å². The molecule has 0 aromatic carbocycles. The number of hydrogen-bond donors (Lipinski definition) is 0. The van der Waals surface area contributed by atoms with Crippen LogP contribution in [0.1, 0.15) is 42.0 Å². The first-order chi connectivity index (χ1) is 8.06. The number of alkyl halides is 1. The van der Waals surface area contributed by atoms with E-state index < -0.39 is 0 Å². The lowest BCUT2D eigenvalue weighted by molar-refractivity contribution is -0.131. The van der Waals surface area contributed by atoms with Crippen LogP contribution < -0.4 is 0 Å². The molecule has 1 heterocycles. The SMILES string of the molecule is Cc1ccc(C(C)N(C)C(=O)CCCCCl)s1. The first-order valence-corrected chi connectivity index (χ1v) is 7.29. The molecule has 0 aliphatic heterocycles. The Balaban J connectivity index is 2.51. The highest BCUT2D eigenvalue weighted by atomic mass is 35.5. The van der Waals surface area contributed by atoms with E-state index in [1.807, 2.05) is 11.9 Å². The van der Waals surface area contributed by atoms with Gasteiger partial charge in [0.25, 0.3) is 0 Å². The number of aryl methyl sites for hydroxylation is 1. The topological polar surface area (TPSA) is 20.3 Å². The molecular weight excluding hydrogens is 254 g/mol. The number of hydrogen-bond acceptors (Lipinski definition) is 2. The second kappa shape index (κ2) is 7.02. The summed E-state index contributed by atoms with van der Waals surface area (Å²) in [4.78, 5) is 16.3. The minimum absolute atomic E-state index is 0.164. The molecule has 4 heteroatoms. The van der Waals surface area contributed by atoms with E-state index in [9.17, 15) is 4.79 Å². The smallest absolute Gasteiger partial charge is 0.222 e. The van der Waals surface area contributed by atoms with Gasteiger partial charge in [-0.2, -0.15) is 0 Å². The lowest BCUT2D eigenvalue weighted by Crippen LogP contribution is -2.28. The van der Waals surface area contributed by atoms with Crippen molar-refractivity contribution in [3.8, 4) is 0 Å². The van der Waals surface area contributed by atoms with Crippen molar-refractivity contribution in [3.63, 3.8) is 0 Å². The zero-order chi connectivity index (χ0) is 12.8. The van der Waals surface area contributed by atoms with Gasteiger partial charge in [-0.1, -0.05) is 0 Å². The molecule has 0 saturated carbocycles. The minimum atomic E-state index is 0.164. The van der Waals surface area contributed by atoms with Crippen LogP contribution >= 0.6 is 22.9 Å². The first-order valence-electron chi connectivity index (χ1n) is 5.94. The summed E-state index contributed by atoms with van der Waals surface area (Å²) in [6, 6.07) is 4.37. The Morgan fingerprint density at radius 3 is 2.71 bits per heavy atom. The van der Waals surface area contributed by atoms with Crippen molar-refractivity contribution < 1.29 is 4.79 Å². The van der Waals surface area contributed by atoms with Gasteiger partial charge in [-0.3, -0.25) is 4.79 Å². The Hall–Kier alpha value is -0.540. The molecule has 0 radical (unpaired) electrons. The summed E-state index contributed by atoms with van der Waals surface area (Å²) < 4.78 is 0. The number of carbonyl (C=O) groups excluding carboxylic acids is 1. The van der Waals surface area contributed by atoms with Crippen LogP contribution in [0.2, 0.25) is 0 Å². The summed E-state index contributed by atoms with van der Waals surface area (Å²) >= 11 is 7.36. The van der Waals surface area contributed by atoms with Crippen LogP contribution in [-0.2, 0) is 4.79 Å². The fourth-order valence-electron chi connectivity index (χ4n) is 1.63. The summed E-state index contributed by atoms with van der Waals surface area (Å²) in [7, 11) is 1.88. The Labute approximate surface area is 113 Å². The van der Waals surface area contributed by atoms with Gasteiger partial charge in [-0.25, -0.2) is 0 Å². The molecule has 0 aliphatic carbocycles. The van der Waals surface area contributed by atoms with E-state index in [0.29, 0.717) is 12.3 Å². The van der Waals surface area contributed by atoms with Crippen LogP contribution in [0.25, 0.3) is 0 Å². The molecule has 1 aromatic rings. The third-order valence-electron chi connectivity index (χ3n) is 2.92. The number of nitrogens with zero attached hydrogens (tertiary/aromatic N) is 1. The summed E-state index contributed by atoms with van der Waals surface area (Å²) in [6.07, 6.45) is 2.38. The maximum Gasteiger partial charge on any atom is 0.222 e. The number of thiophene rings is 1. The minimum Gasteiger partial charge on any atom is -0.338 e. The van der Waals surface area contributed by atoms with Crippen LogP contribution in [0, 0.1) is 6.92 Å². The molecular formula is C13H20ClNOS. The number of rotatable bonds is 6. The molecule has 0 aliphatic rings. The van der Waals surface area contributed by atoms with Crippen LogP contribution in [-0.4, -0.2) is 23.7 Å². The zero-order valence-electron chi connectivity index (χ0n) is 10.7. The van der Waals surface area contributed by atoms with E-state index in [4.69, 9.17) is 11.6 Å². The van der Waals surface area contributed by atoms with Gasteiger partial charge in [0, 0.05) is 29.1 Å². The van der Waals surface area contributed by atoms with Crippen molar-refractivity contribution in [2.75, 3.05) is 12.9 Å². The molecule has 0 spiro atoms. The van der Waals surface area contributed by atoms with Crippen molar-refractivity contribution in [1.29, 1.82) is 0 Å². The fourth-order valence-corrected chi connectivity index (χ4v) is 2.79. The van der Waals surface area contributed by atoms with E-state index in [1.165, 1.54) is 9.75 Å². The number of halogens is 1. The summed E-state index contributed by atoms with van der Waals surface area (Å²) in [5, 5.41) is 0. The van der Waals surface area contributed by atoms with Gasteiger partial charge in [-0.05, 0) is 38.8 Å². The van der Waals surface area contributed by atoms with Crippen LogP contribution in [0.15, 0.2) is 12.1 Å².